The molecule has 5 nitrogen and oxygen atoms in total. The summed E-state index contributed by atoms with van der Waals surface area (Å²) >= 11 is 0. The highest BCUT2D eigenvalue weighted by Crippen LogP contribution is 2.02. The monoisotopic (exact) mass is 212 g/mol. The van der Waals surface area contributed by atoms with Crippen LogP contribution >= 0.6 is 0 Å². The molecule has 0 aromatic carbocycles. The lowest BCUT2D eigenvalue weighted by Crippen LogP contribution is -2.27. The van der Waals surface area contributed by atoms with Crippen LogP contribution in [0.5, 0.6) is 0 Å². The van der Waals surface area contributed by atoms with Crippen molar-refractivity contribution in [2.45, 2.75) is 26.3 Å². The highest BCUT2D eigenvalue weighted by atomic mass is 16.5. The SMILES string of the molecule is CCCc1nc(CN(C)CCNC)no1. The Labute approximate surface area is 90.8 Å². The first-order valence-electron chi connectivity index (χ1n) is 5.40. The average molecular weight is 212 g/mol. The summed E-state index contributed by atoms with van der Waals surface area (Å²) in [5.74, 6) is 1.52. The molecule has 1 aromatic rings. The summed E-state index contributed by atoms with van der Waals surface area (Å²) in [6, 6.07) is 0. The molecule has 0 aliphatic heterocycles. The zero-order valence-electron chi connectivity index (χ0n) is 9.79. The van der Waals surface area contributed by atoms with Gasteiger partial charge in [0.2, 0.25) is 5.89 Å². The highest BCUT2D eigenvalue weighted by molar-refractivity contribution is 4.86. The quantitative estimate of drug-likeness (QED) is 0.720. The summed E-state index contributed by atoms with van der Waals surface area (Å²) in [4.78, 5) is 6.47. The zero-order valence-corrected chi connectivity index (χ0v) is 9.79. The van der Waals surface area contributed by atoms with Gasteiger partial charge in [0.1, 0.15) is 0 Å². The fourth-order valence-electron chi connectivity index (χ4n) is 1.29. The maximum Gasteiger partial charge on any atom is 0.226 e. The van der Waals surface area contributed by atoms with E-state index in [4.69, 9.17) is 4.52 Å². The van der Waals surface area contributed by atoms with E-state index in [9.17, 15) is 0 Å². The van der Waals surface area contributed by atoms with E-state index in [1.807, 2.05) is 14.1 Å². The molecule has 0 saturated carbocycles. The van der Waals surface area contributed by atoms with E-state index < -0.39 is 0 Å². The number of aryl methyl sites for hydroxylation is 1. The Bertz CT molecular complexity index is 274. The van der Waals surface area contributed by atoms with Crippen molar-refractivity contribution in [2.75, 3.05) is 27.2 Å². The molecule has 1 aromatic heterocycles. The minimum atomic E-state index is 0.745. The maximum absolute atomic E-state index is 5.11. The van der Waals surface area contributed by atoms with E-state index >= 15 is 0 Å². The number of aromatic nitrogens is 2. The van der Waals surface area contributed by atoms with Crippen LogP contribution in [0.15, 0.2) is 4.52 Å². The third-order valence-electron chi connectivity index (χ3n) is 2.13. The van der Waals surface area contributed by atoms with E-state index in [1.165, 1.54) is 0 Å². The van der Waals surface area contributed by atoms with E-state index in [2.05, 4.69) is 27.3 Å². The Balaban J connectivity index is 2.35. The second-order valence-electron chi connectivity index (χ2n) is 3.70. The Hall–Kier alpha value is -0.940. The molecule has 0 radical (unpaired) electrons. The van der Waals surface area contributed by atoms with Crippen molar-refractivity contribution in [1.82, 2.24) is 20.4 Å². The van der Waals surface area contributed by atoms with Gasteiger partial charge in [-0.3, -0.25) is 4.90 Å². The molecule has 0 unspecified atom stereocenters. The fraction of sp³-hybridized carbons (Fsp3) is 0.800. The van der Waals surface area contributed by atoms with Gasteiger partial charge in [-0.1, -0.05) is 12.1 Å². The number of rotatable bonds is 7. The van der Waals surface area contributed by atoms with Crippen LogP contribution in [0.3, 0.4) is 0 Å². The minimum absolute atomic E-state index is 0.745. The van der Waals surface area contributed by atoms with Crippen LogP contribution in [-0.4, -0.2) is 42.2 Å². The van der Waals surface area contributed by atoms with Gasteiger partial charge in [-0.2, -0.15) is 4.98 Å². The number of nitrogens with zero attached hydrogens (tertiary/aromatic N) is 3. The summed E-state index contributed by atoms with van der Waals surface area (Å²) in [6.07, 6.45) is 1.91. The molecule has 0 aliphatic carbocycles. The Morgan fingerprint density at radius 1 is 1.47 bits per heavy atom. The summed E-state index contributed by atoms with van der Waals surface area (Å²) < 4.78 is 5.11. The molecule has 0 bridgehead atoms. The van der Waals surface area contributed by atoms with Crippen LogP contribution in [0.2, 0.25) is 0 Å². The van der Waals surface area contributed by atoms with Gasteiger partial charge in [0.05, 0.1) is 6.54 Å². The van der Waals surface area contributed by atoms with Crippen molar-refractivity contribution in [3.05, 3.63) is 11.7 Å². The first-order chi connectivity index (χ1) is 7.26. The normalized spacial score (nSPS) is 11.2. The molecule has 1 N–H and O–H groups in total. The molecule has 5 heteroatoms. The van der Waals surface area contributed by atoms with Crippen LogP contribution in [-0.2, 0) is 13.0 Å². The molecular formula is C10H20N4O. The molecule has 0 atom stereocenters. The molecule has 0 spiro atoms. The number of nitrogens with one attached hydrogen (secondary N) is 1. The average Bonchev–Trinajstić information content (AvgIpc) is 2.63. The van der Waals surface area contributed by atoms with E-state index in [1.54, 1.807) is 0 Å². The largest absolute Gasteiger partial charge is 0.339 e. The molecular weight excluding hydrogens is 192 g/mol. The smallest absolute Gasteiger partial charge is 0.226 e. The standard InChI is InChI=1S/C10H20N4O/c1-4-5-10-12-9(13-15-10)8-14(3)7-6-11-2/h11H,4-8H2,1-3H3. The van der Waals surface area contributed by atoms with Gasteiger partial charge in [-0.25, -0.2) is 0 Å². The Kier molecular flexibility index (Phi) is 5.28. The van der Waals surface area contributed by atoms with Gasteiger partial charge in [-0.15, -0.1) is 0 Å². The molecule has 1 heterocycles. The van der Waals surface area contributed by atoms with Crippen molar-refractivity contribution >= 4 is 0 Å². The van der Waals surface area contributed by atoms with Crippen molar-refractivity contribution in [1.29, 1.82) is 0 Å². The summed E-state index contributed by atoms with van der Waals surface area (Å²) in [5, 5.41) is 7.04. The summed E-state index contributed by atoms with van der Waals surface area (Å²) in [5.41, 5.74) is 0. The molecule has 86 valence electrons. The Morgan fingerprint density at radius 2 is 2.27 bits per heavy atom. The topological polar surface area (TPSA) is 54.2 Å². The van der Waals surface area contributed by atoms with Crippen LogP contribution in [0.1, 0.15) is 25.1 Å². The summed E-state index contributed by atoms with van der Waals surface area (Å²) in [6.45, 7) is 4.79. The third-order valence-corrected chi connectivity index (χ3v) is 2.13. The number of hydrogen-bond donors (Lipinski definition) is 1. The lowest BCUT2D eigenvalue weighted by atomic mass is 10.3. The minimum Gasteiger partial charge on any atom is -0.339 e. The predicted molar refractivity (Wildman–Crippen MR) is 58.6 cm³/mol. The van der Waals surface area contributed by atoms with Gasteiger partial charge in [0.15, 0.2) is 5.82 Å². The van der Waals surface area contributed by atoms with Gasteiger partial charge in [0.25, 0.3) is 0 Å². The number of hydrogen-bond acceptors (Lipinski definition) is 5. The first-order valence-corrected chi connectivity index (χ1v) is 5.40. The zero-order chi connectivity index (χ0) is 11.1. The third kappa shape index (κ3) is 4.40. The van der Waals surface area contributed by atoms with E-state index in [0.29, 0.717) is 0 Å². The van der Waals surface area contributed by atoms with Gasteiger partial charge < -0.3 is 9.84 Å². The fourth-order valence-corrected chi connectivity index (χ4v) is 1.29. The van der Waals surface area contributed by atoms with Crippen molar-refractivity contribution in [3.63, 3.8) is 0 Å². The van der Waals surface area contributed by atoms with Crippen LogP contribution in [0.25, 0.3) is 0 Å². The molecule has 0 fully saturated rings. The second kappa shape index (κ2) is 6.53. The maximum atomic E-state index is 5.11. The predicted octanol–water partition coefficient (Wildman–Crippen LogP) is 0.673. The van der Waals surface area contributed by atoms with Gasteiger partial charge in [0, 0.05) is 19.5 Å². The van der Waals surface area contributed by atoms with Gasteiger partial charge in [-0.05, 0) is 20.5 Å². The molecule has 0 amide bonds. The van der Waals surface area contributed by atoms with Crippen LogP contribution in [0.4, 0.5) is 0 Å². The van der Waals surface area contributed by atoms with Crippen LogP contribution < -0.4 is 5.32 Å². The van der Waals surface area contributed by atoms with E-state index in [0.717, 1.165) is 44.2 Å². The Morgan fingerprint density at radius 3 is 2.93 bits per heavy atom. The van der Waals surface area contributed by atoms with Crippen molar-refractivity contribution in [2.24, 2.45) is 0 Å². The lowest BCUT2D eigenvalue weighted by molar-refractivity contribution is 0.307. The second-order valence-corrected chi connectivity index (χ2v) is 3.70. The molecule has 1 rings (SSSR count). The molecule has 15 heavy (non-hydrogen) atoms. The van der Waals surface area contributed by atoms with Gasteiger partial charge >= 0.3 is 0 Å². The molecule has 0 saturated heterocycles. The summed E-state index contributed by atoms with van der Waals surface area (Å²) in [7, 11) is 3.99. The highest BCUT2D eigenvalue weighted by Gasteiger charge is 2.07. The van der Waals surface area contributed by atoms with Crippen molar-refractivity contribution < 1.29 is 4.52 Å². The van der Waals surface area contributed by atoms with Crippen molar-refractivity contribution in [3.8, 4) is 0 Å². The molecule has 0 aliphatic rings. The first kappa shape index (κ1) is 12.1. The lowest BCUT2D eigenvalue weighted by Gasteiger charge is -2.13. The van der Waals surface area contributed by atoms with Crippen LogP contribution in [0, 0.1) is 0 Å². The number of likely N-dealkylation sites (N-methyl/N-ethyl adjacent to an activating group) is 2. The van der Waals surface area contributed by atoms with E-state index in [-0.39, 0.29) is 0 Å².